The van der Waals surface area contributed by atoms with Crippen LogP contribution in [0.1, 0.15) is 59.3 Å². The molecule has 0 saturated heterocycles. The second-order valence-electron chi connectivity index (χ2n) is 6.62. The number of amides is 2. The van der Waals surface area contributed by atoms with Gasteiger partial charge in [-0.25, -0.2) is 4.79 Å². The van der Waals surface area contributed by atoms with E-state index in [0.29, 0.717) is 11.8 Å². The quantitative estimate of drug-likeness (QED) is 0.701. The Kier molecular flexibility index (Phi) is 6.30. The molecule has 20 heavy (non-hydrogen) atoms. The molecule has 1 unspecified atom stereocenters. The first-order chi connectivity index (χ1) is 9.34. The van der Waals surface area contributed by atoms with E-state index in [4.69, 9.17) is 5.11 Å². The Morgan fingerprint density at radius 3 is 2.40 bits per heavy atom. The van der Waals surface area contributed by atoms with Crippen LogP contribution in [0.3, 0.4) is 0 Å². The molecular weight excluding hydrogens is 256 g/mol. The van der Waals surface area contributed by atoms with Gasteiger partial charge >= 0.3 is 12.0 Å². The van der Waals surface area contributed by atoms with Crippen LogP contribution in [0.25, 0.3) is 0 Å². The maximum absolute atomic E-state index is 11.8. The number of carboxylic acids is 1. The van der Waals surface area contributed by atoms with Crippen molar-refractivity contribution >= 4 is 12.0 Å². The summed E-state index contributed by atoms with van der Waals surface area (Å²) in [6.07, 6.45) is 5.62. The molecule has 1 atom stereocenters. The Morgan fingerprint density at radius 1 is 1.30 bits per heavy atom. The van der Waals surface area contributed by atoms with E-state index < -0.39 is 11.9 Å². The molecule has 1 aliphatic carbocycles. The lowest BCUT2D eigenvalue weighted by atomic mass is 9.76. The van der Waals surface area contributed by atoms with Gasteiger partial charge in [-0.15, -0.1) is 0 Å². The predicted octanol–water partition coefficient (Wildman–Crippen LogP) is 2.76. The Bertz CT molecular complexity index is 332. The zero-order valence-corrected chi connectivity index (χ0v) is 12.9. The number of hydrogen-bond donors (Lipinski definition) is 3. The van der Waals surface area contributed by atoms with Crippen molar-refractivity contribution in [1.29, 1.82) is 0 Å². The molecule has 0 aliphatic heterocycles. The van der Waals surface area contributed by atoms with E-state index >= 15 is 0 Å². The molecule has 0 aromatic carbocycles. The third kappa shape index (κ3) is 5.80. The molecule has 5 heteroatoms. The first-order valence-corrected chi connectivity index (χ1v) is 7.61. The first kappa shape index (κ1) is 16.8. The molecule has 0 aromatic rings. The van der Waals surface area contributed by atoms with Crippen LogP contribution in [0.5, 0.6) is 0 Å². The highest BCUT2D eigenvalue weighted by Crippen LogP contribution is 2.34. The molecule has 1 fully saturated rings. The van der Waals surface area contributed by atoms with Gasteiger partial charge in [0.2, 0.25) is 0 Å². The van der Waals surface area contributed by atoms with Crippen molar-refractivity contribution in [1.82, 2.24) is 10.6 Å². The average molecular weight is 284 g/mol. The van der Waals surface area contributed by atoms with Gasteiger partial charge in [0.25, 0.3) is 0 Å². The van der Waals surface area contributed by atoms with Crippen molar-refractivity contribution in [3.63, 3.8) is 0 Å². The lowest BCUT2D eigenvalue weighted by molar-refractivity contribution is -0.141. The minimum Gasteiger partial charge on any atom is -0.481 e. The molecule has 1 aliphatic rings. The summed E-state index contributed by atoms with van der Waals surface area (Å²) in [7, 11) is 0. The van der Waals surface area contributed by atoms with Crippen LogP contribution in [0.4, 0.5) is 4.79 Å². The van der Waals surface area contributed by atoms with Gasteiger partial charge in [-0.1, -0.05) is 27.2 Å². The van der Waals surface area contributed by atoms with E-state index in [1.165, 1.54) is 0 Å². The molecule has 0 aromatic heterocycles. The van der Waals surface area contributed by atoms with Gasteiger partial charge < -0.3 is 15.7 Å². The van der Waals surface area contributed by atoms with Crippen molar-refractivity contribution in [2.45, 2.75) is 65.3 Å². The summed E-state index contributed by atoms with van der Waals surface area (Å²) < 4.78 is 0. The monoisotopic (exact) mass is 284 g/mol. The Balaban J connectivity index is 2.28. The minimum absolute atomic E-state index is 0.202. The van der Waals surface area contributed by atoms with Crippen molar-refractivity contribution in [3.05, 3.63) is 0 Å². The Labute approximate surface area is 121 Å². The van der Waals surface area contributed by atoms with Gasteiger partial charge in [0.15, 0.2) is 0 Å². The molecule has 116 valence electrons. The summed E-state index contributed by atoms with van der Waals surface area (Å²) >= 11 is 0. The molecule has 0 bridgehead atoms. The fourth-order valence-corrected chi connectivity index (χ4v) is 2.66. The van der Waals surface area contributed by atoms with Gasteiger partial charge in [0.05, 0.1) is 5.92 Å². The van der Waals surface area contributed by atoms with E-state index in [9.17, 15) is 9.59 Å². The summed E-state index contributed by atoms with van der Waals surface area (Å²) in [6, 6.07) is -0.0189. The standard InChI is InChI=1S/C15H28N2O3/c1-4-5-11(13(18)19)10-16-14(20)17-12-6-8-15(2,3)9-7-12/h11-12H,4-10H2,1-3H3,(H,18,19)(H2,16,17,20). The van der Waals surface area contributed by atoms with Gasteiger partial charge in [-0.2, -0.15) is 0 Å². The van der Waals surface area contributed by atoms with E-state index in [0.717, 1.165) is 32.1 Å². The largest absolute Gasteiger partial charge is 0.481 e. The fourth-order valence-electron chi connectivity index (χ4n) is 2.66. The SMILES string of the molecule is CCCC(CNC(=O)NC1CCC(C)(C)CC1)C(=O)O. The average Bonchev–Trinajstić information content (AvgIpc) is 2.36. The smallest absolute Gasteiger partial charge is 0.315 e. The van der Waals surface area contributed by atoms with Crippen LogP contribution in [0.2, 0.25) is 0 Å². The topological polar surface area (TPSA) is 78.4 Å². The van der Waals surface area contributed by atoms with Gasteiger partial charge in [-0.3, -0.25) is 4.79 Å². The van der Waals surface area contributed by atoms with E-state index in [2.05, 4.69) is 24.5 Å². The van der Waals surface area contributed by atoms with Crippen LogP contribution < -0.4 is 10.6 Å². The van der Waals surface area contributed by atoms with Crippen LogP contribution >= 0.6 is 0 Å². The lowest BCUT2D eigenvalue weighted by Gasteiger charge is -2.34. The molecule has 0 radical (unpaired) electrons. The molecule has 0 spiro atoms. The maximum Gasteiger partial charge on any atom is 0.315 e. The lowest BCUT2D eigenvalue weighted by Crippen LogP contribution is -2.46. The number of carboxylic acid groups (broad SMARTS) is 1. The number of nitrogens with one attached hydrogen (secondary N) is 2. The molecule has 5 nitrogen and oxygen atoms in total. The van der Waals surface area contributed by atoms with Crippen LogP contribution in [-0.2, 0) is 4.79 Å². The van der Waals surface area contributed by atoms with Crippen molar-refractivity contribution in [2.24, 2.45) is 11.3 Å². The summed E-state index contributed by atoms with van der Waals surface area (Å²) in [5.41, 5.74) is 0.379. The van der Waals surface area contributed by atoms with Crippen LogP contribution in [0, 0.1) is 11.3 Å². The zero-order chi connectivity index (χ0) is 15.2. The predicted molar refractivity (Wildman–Crippen MR) is 78.6 cm³/mol. The first-order valence-electron chi connectivity index (χ1n) is 7.61. The number of carbonyl (C=O) groups excluding carboxylic acids is 1. The number of rotatable bonds is 6. The summed E-state index contributed by atoms with van der Waals surface area (Å²) in [6.45, 7) is 6.66. The highest BCUT2D eigenvalue weighted by atomic mass is 16.4. The number of urea groups is 1. The third-order valence-electron chi connectivity index (χ3n) is 4.17. The maximum atomic E-state index is 11.8. The van der Waals surface area contributed by atoms with Crippen LogP contribution in [-0.4, -0.2) is 29.7 Å². The van der Waals surface area contributed by atoms with Crippen molar-refractivity contribution in [2.75, 3.05) is 6.54 Å². The minimum atomic E-state index is -0.841. The number of hydrogen-bond acceptors (Lipinski definition) is 2. The molecule has 3 N–H and O–H groups in total. The van der Waals surface area contributed by atoms with Crippen LogP contribution in [0.15, 0.2) is 0 Å². The second kappa shape index (κ2) is 7.50. The van der Waals surface area contributed by atoms with Gasteiger partial charge in [0.1, 0.15) is 0 Å². The highest BCUT2D eigenvalue weighted by molar-refractivity contribution is 5.76. The molecule has 1 rings (SSSR count). The van der Waals surface area contributed by atoms with Gasteiger partial charge in [-0.05, 0) is 37.5 Å². The van der Waals surface area contributed by atoms with E-state index in [1.54, 1.807) is 0 Å². The third-order valence-corrected chi connectivity index (χ3v) is 4.17. The van der Waals surface area contributed by atoms with E-state index in [1.807, 2.05) is 6.92 Å². The molecular formula is C15H28N2O3. The number of carbonyl (C=O) groups is 2. The second-order valence-corrected chi connectivity index (χ2v) is 6.62. The molecule has 2 amide bonds. The Morgan fingerprint density at radius 2 is 1.90 bits per heavy atom. The number of aliphatic carboxylic acids is 1. The fraction of sp³-hybridized carbons (Fsp3) is 0.867. The summed E-state index contributed by atoms with van der Waals surface area (Å²) in [4.78, 5) is 22.8. The summed E-state index contributed by atoms with van der Waals surface area (Å²) in [5, 5.41) is 14.7. The highest BCUT2D eigenvalue weighted by Gasteiger charge is 2.27. The summed E-state index contributed by atoms with van der Waals surface area (Å²) in [5.74, 6) is -1.33. The van der Waals surface area contributed by atoms with Crippen molar-refractivity contribution in [3.8, 4) is 0 Å². The zero-order valence-electron chi connectivity index (χ0n) is 12.9. The van der Waals surface area contributed by atoms with E-state index in [-0.39, 0.29) is 18.6 Å². The van der Waals surface area contributed by atoms with Crippen molar-refractivity contribution < 1.29 is 14.7 Å². The molecule has 1 saturated carbocycles. The Hall–Kier alpha value is -1.26. The normalized spacial score (nSPS) is 20.1. The molecule has 0 heterocycles. The van der Waals surface area contributed by atoms with Gasteiger partial charge in [0, 0.05) is 12.6 Å².